The van der Waals surface area contributed by atoms with Crippen molar-refractivity contribution in [2.45, 2.75) is 6.92 Å². The molecule has 0 aliphatic carbocycles. The Morgan fingerprint density at radius 2 is 1.57 bits per heavy atom. The van der Waals surface area contributed by atoms with Crippen LogP contribution in [0.15, 0.2) is 42.5 Å². The Labute approximate surface area is 83.4 Å². The van der Waals surface area contributed by atoms with E-state index >= 15 is 0 Å². The number of hydrogen-bond acceptors (Lipinski definition) is 2. The molecule has 2 N–H and O–H groups in total. The van der Waals surface area contributed by atoms with E-state index in [0.717, 1.165) is 10.8 Å². The second kappa shape index (κ2) is 5.25. The van der Waals surface area contributed by atoms with Crippen LogP contribution in [-0.4, -0.2) is 16.8 Å². The number of hydrogen-bond donors (Lipinski definition) is 2. The van der Waals surface area contributed by atoms with E-state index in [9.17, 15) is 0 Å². The van der Waals surface area contributed by atoms with Gasteiger partial charge in [0.05, 0.1) is 0 Å². The van der Waals surface area contributed by atoms with E-state index in [1.165, 1.54) is 0 Å². The zero-order chi connectivity index (χ0) is 10.4. The van der Waals surface area contributed by atoms with E-state index in [0.29, 0.717) is 5.75 Å². The lowest BCUT2D eigenvalue weighted by molar-refractivity contribution is 0.318. The lowest BCUT2D eigenvalue weighted by Crippen LogP contribution is -1.69. The Balaban J connectivity index is 0.000000293. The number of phenolic OH excluding ortho intramolecular Hbond substituents is 1. The predicted molar refractivity (Wildman–Crippen MR) is 58.4 cm³/mol. The van der Waals surface area contributed by atoms with Crippen LogP contribution in [0, 0.1) is 0 Å². The van der Waals surface area contributed by atoms with E-state index < -0.39 is 0 Å². The molecular weight excluding hydrogens is 176 g/mol. The van der Waals surface area contributed by atoms with Crippen LogP contribution < -0.4 is 0 Å². The molecule has 0 unspecified atom stereocenters. The molecule has 0 aliphatic rings. The van der Waals surface area contributed by atoms with Crippen molar-refractivity contribution in [2.24, 2.45) is 0 Å². The summed E-state index contributed by atoms with van der Waals surface area (Å²) in [4.78, 5) is 0. The fourth-order valence-corrected chi connectivity index (χ4v) is 1.18. The molecule has 74 valence electrons. The first-order chi connectivity index (χ1) is 6.77. The Kier molecular flexibility index (Phi) is 3.95. The fourth-order valence-electron chi connectivity index (χ4n) is 1.18. The van der Waals surface area contributed by atoms with Crippen molar-refractivity contribution in [1.29, 1.82) is 0 Å². The van der Waals surface area contributed by atoms with Gasteiger partial charge in [0.2, 0.25) is 0 Å². The van der Waals surface area contributed by atoms with Gasteiger partial charge in [-0.15, -0.1) is 0 Å². The number of aromatic hydroxyl groups is 1. The third-order valence-electron chi connectivity index (χ3n) is 1.73. The lowest BCUT2D eigenvalue weighted by Gasteiger charge is -1.96. The molecule has 0 atom stereocenters. The van der Waals surface area contributed by atoms with Gasteiger partial charge in [0.25, 0.3) is 0 Å². The molecule has 0 bridgehead atoms. The number of benzene rings is 2. The number of aliphatic hydroxyl groups is 1. The highest BCUT2D eigenvalue weighted by molar-refractivity contribution is 5.83. The predicted octanol–water partition coefficient (Wildman–Crippen LogP) is 2.54. The Hall–Kier alpha value is -1.54. The smallest absolute Gasteiger partial charge is 0.116 e. The minimum atomic E-state index is 0.250. The first-order valence-corrected chi connectivity index (χ1v) is 4.56. The summed E-state index contributed by atoms with van der Waals surface area (Å²) >= 11 is 0. The van der Waals surface area contributed by atoms with Crippen molar-refractivity contribution in [3.63, 3.8) is 0 Å². The third-order valence-corrected chi connectivity index (χ3v) is 1.73. The zero-order valence-corrected chi connectivity index (χ0v) is 8.14. The summed E-state index contributed by atoms with van der Waals surface area (Å²) in [7, 11) is 0. The molecule has 2 heteroatoms. The number of rotatable bonds is 0. The molecule has 0 aromatic heterocycles. The van der Waals surface area contributed by atoms with Gasteiger partial charge in [-0.05, 0) is 29.8 Å². The van der Waals surface area contributed by atoms with Crippen molar-refractivity contribution < 1.29 is 10.2 Å². The number of phenols is 1. The molecule has 0 amide bonds. The molecule has 2 aromatic carbocycles. The summed E-state index contributed by atoms with van der Waals surface area (Å²) < 4.78 is 0. The second-order valence-electron chi connectivity index (χ2n) is 2.85. The molecule has 0 spiro atoms. The van der Waals surface area contributed by atoms with Crippen molar-refractivity contribution >= 4 is 10.8 Å². The number of aliphatic hydroxyl groups excluding tert-OH is 1. The lowest BCUT2D eigenvalue weighted by atomic mass is 10.1. The SMILES string of the molecule is CCO.Oc1ccc2ccccc2c1. The standard InChI is InChI=1S/C10H8O.C2H6O/c11-10-6-5-8-3-1-2-4-9(8)7-10;1-2-3/h1-7,11H;3H,2H2,1H3. The maximum atomic E-state index is 9.13. The van der Waals surface area contributed by atoms with Gasteiger partial charge in [0.15, 0.2) is 0 Å². The van der Waals surface area contributed by atoms with E-state index in [4.69, 9.17) is 10.2 Å². The van der Waals surface area contributed by atoms with Crippen LogP contribution in [0.3, 0.4) is 0 Å². The number of fused-ring (bicyclic) bond motifs is 1. The van der Waals surface area contributed by atoms with E-state index in [2.05, 4.69) is 0 Å². The quantitative estimate of drug-likeness (QED) is 0.670. The third kappa shape index (κ3) is 2.75. The van der Waals surface area contributed by atoms with Crippen molar-refractivity contribution in [3.8, 4) is 5.75 Å². The Morgan fingerprint density at radius 1 is 1.00 bits per heavy atom. The van der Waals surface area contributed by atoms with Gasteiger partial charge < -0.3 is 10.2 Å². The minimum Gasteiger partial charge on any atom is -0.508 e. The van der Waals surface area contributed by atoms with Crippen molar-refractivity contribution in [1.82, 2.24) is 0 Å². The topological polar surface area (TPSA) is 40.5 Å². The molecule has 2 aromatic rings. The summed E-state index contributed by atoms with van der Waals surface area (Å²) in [5.74, 6) is 0.323. The maximum Gasteiger partial charge on any atom is 0.116 e. The van der Waals surface area contributed by atoms with Crippen LogP contribution in [-0.2, 0) is 0 Å². The molecule has 14 heavy (non-hydrogen) atoms. The Morgan fingerprint density at radius 3 is 2.21 bits per heavy atom. The van der Waals surface area contributed by atoms with Gasteiger partial charge in [-0.1, -0.05) is 30.3 Å². The van der Waals surface area contributed by atoms with Gasteiger partial charge in [0, 0.05) is 6.61 Å². The highest BCUT2D eigenvalue weighted by atomic mass is 16.3. The molecule has 0 heterocycles. The largest absolute Gasteiger partial charge is 0.508 e. The van der Waals surface area contributed by atoms with E-state index in [1.807, 2.05) is 30.3 Å². The van der Waals surface area contributed by atoms with Crippen LogP contribution in [0.1, 0.15) is 6.92 Å². The molecular formula is C12H14O2. The van der Waals surface area contributed by atoms with Crippen LogP contribution in [0.5, 0.6) is 5.75 Å². The molecule has 2 nitrogen and oxygen atoms in total. The molecule has 0 aliphatic heterocycles. The average molecular weight is 190 g/mol. The fraction of sp³-hybridized carbons (Fsp3) is 0.167. The van der Waals surface area contributed by atoms with Gasteiger partial charge in [0.1, 0.15) is 5.75 Å². The van der Waals surface area contributed by atoms with Crippen LogP contribution in [0.2, 0.25) is 0 Å². The van der Waals surface area contributed by atoms with Gasteiger partial charge in [-0.25, -0.2) is 0 Å². The molecule has 0 saturated heterocycles. The normalized spacial score (nSPS) is 9.29. The Bertz CT molecular complexity index is 396. The highest BCUT2D eigenvalue weighted by Crippen LogP contribution is 2.18. The van der Waals surface area contributed by atoms with Gasteiger partial charge in [-0.3, -0.25) is 0 Å². The molecule has 0 fully saturated rings. The summed E-state index contributed by atoms with van der Waals surface area (Å²) in [6.45, 7) is 1.93. The highest BCUT2D eigenvalue weighted by Gasteiger charge is 1.91. The first kappa shape index (κ1) is 10.5. The minimum absolute atomic E-state index is 0.250. The van der Waals surface area contributed by atoms with Gasteiger partial charge >= 0.3 is 0 Å². The maximum absolute atomic E-state index is 9.13. The monoisotopic (exact) mass is 190 g/mol. The van der Waals surface area contributed by atoms with E-state index in [1.54, 1.807) is 19.1 Å². The molecule has 0 saturated carbocycles. The van der Waals surface area contributed by atoms with Crippen LogP contribution >= 0.6 is 0 Å². The molecule has 2 rings (SSSR count). The average Bonchev–Trinajstić information content (AvgIpc) is 2.19. The van der Waals surface area contributed by atoms with Crippen molar-refractivity contribution in [3.05, 3.63) is 42.5 Å². The van der Waals surface area contributed by atoms with Crippen molar-refractivity contribution in [2.75, 3.05) is 6.61 Å². The van der Waals surface area contributed by atoms with Crippen LogP contribution in [0.4, 0.5) is 0 Å². The summed E-state index contributed by atoms with van der Waals surface area (Å²) in [5, 5.41) is 18.9. The molecule has 0 radical (unpaired) electrons. The summed E-state index contributed by atoms with van der Waals surface area (Å²) in [5.41, 5.74) is 0. The second-order valence-corrected chi connectivity index (χ2v) is 2.85. The summed E-state index contributed by atoms with van der Waals surface area (Å²) in [6, 6.07) is 13.3. The van der Waals surface area contributed by atoms with E-state index in [-0.39, 0.29) is 6.61 Å². The van der Waals surface area contributed by atoms with Crippen LogP contribution in [0.25, 0.3) is 10.8 Å². The zero-order valence-electron chi connectivity index (χ0n) is 8.14. The summed E-state index contributed by atoms with van der Waals surface area (Å²) in [6.07, 6.45) is 0. The first-order valence-electron chi connectivity index (χ1n) is 4.56. The van der Waals surface area contributed by atoms with Gasteiger partial charge in [-0.2, -0.15) is 0 Å².